The van der Waals surface area contributed by atoms with Crippen molar-refractivity contribution in [1.82, 2.24) is 19.1 Å². The Hall–Kier alpha value is -7.56. The molecular weight excluding hydrogens is 717 g/mol. The number of aryl methyl sites for hydroxylation is 3. The minimum atomic E-state index is 0.740. The Morgan fingerprint density at radius 2 is 0.814 bits per heavy atom. The summed E-state index contributed by atoms with van der Waals surface area (Å²) < 4.78 is 4.79. The fourth-order valence-electron chi connectivity index (χ4n) is 9.05. The van der Waals surface area contributed by atoms with Crippen LogP contribution in [0.1, 0.15) is 16.7 Å². The van der Waals surface area contributed by atoms with Crippen molar-refractivity contribution in [2.75, 3.05) is 0 Å². The summed E-state index contributed by atoms with van der Waals surface area (Å²) in [5, 5.41) is 5.01. The van der Waals surface area contributed by atoms with Gasteiger partial charge in [0.15, 0.2) is 5.82 Å². The van der Waals surface area contributed by atoms with Crippen molar-refractivity contribution in [3.8, 4) is 56.4 Å². The molecule has 0 fully saturated rings. The monoisotopic (exact) mass is 756 g/mol. The van der Waals surface area contributed by atoms with Crippen LogP contribution in [0.15, 0.2) is 188 Å². The summed E-state index contributed by atoms with van der Waals surface area (Å²) in [6.45, 7) is 6.45. The van der Waals surface area contributed by atoms with Gasteiger partial charge >= 0.3 is 0 Å². The van der Waals surface area contributed by atoms with E-state index in [0.29, 0.717) is 0 Å². The zero-order valence-electron chi connectivity index (χ0n) is 33.2. The molecule has 3 aromatic heterocycles. The molecule has 0 unspecified atom stereocenters. The number of para-hydroxylation sites is 3. The van der Waals surface area contributed by atoms with Gasteiger partial charge in [-0.15, -0.1) is 0 Å². The first-order chi connectivity index (χ1) is 29.0. The topological polar surface area (TPSA) is 35.6 Å². The maximum atomic E-state index is 5.15. The van der Waals surface area contributed by atoms with Crippen LogP contribution in [0.25, 0.3) is 100 Å². The first-order valence-corrected chi connectivity index (χ1v) is 20.2. The van der Waals surface area contributed by atoms with E-state index in [4.69, 9.17) is 9.97 Å². The van der Waals surface area contributed by atoms with Crippen LogP contribution in [0.2, 0.25) is 0 Å². The lowest BCUT2D eigenvalue weighted by atomic mass is 9.96. The molecule has 11 rings (SSSR count). The first-order valence-electron chi connectivity index (χ1n) is 20.2. The average molecular weight is 757 g/mol. The number of rotatable bonds is 6. The molecule has 0 saturated carbocycles. The summed E-state index contributed by atoms with van der Waals surface area (Å²) in [5.74, 6) is 0.740. The van der Waals surface area contributed by atoms with E-state index in [0.717, 1.165) is 50.8 Å². The molecule has 0 spiro atoms. The van der Waals surface area contributed by atoms with Crippen molar-refractivity contribution in [3.05, 3.63) is 205 Å². The van der Waals surface area contributed by atoms with Crippen LogP contribution in [0.4, 0.5) is 0 Å². The molecule has 3 heterocycles. The first kappa shape index (κ1) is 34.7. The fraction of sp³-hybridized carbons (Fsp3) is 0.0545. The number of benzene rings is 8. The number of fused-ring (bicyclic) bond motifs is 6. The van der Waals surface area contributed by atoms with Gasteiger partial charge in [-0.1, -0.05) is 127 Å². The van der Waals surface area contributed by atoms with E-state index in [1.165, 1.54) is 65.9 Å². The lowest BCUT2D eigenvalue weighted by molar-refractivity contribution is 1.16. The van der Waals surface area contributed by atoms with Crippen LogP contribution >= 0.6 is 0 Å². The third-order valence-corrected chi connectivity index (χ3v) is 12.0. The van der Waals surface area contributed by atoms with Gasteiger partial charge in [-0.05, 0) is 109 Å². The average Bonchev–Trinajstić information content (AvgIpc) is 3.79. The van der Waals surface area contributed by atoms with Crippen molar-refractivity contribution < 1.29 is 0 Å². The molecule has 0 atom stereocenters. The van der Waals surface area contributed by atoms with Crippen molar-refractivity contribution in [2.24, 2.45) is 0 Å². The van der Waals surface area contributed by atoms with E-state index in [-0.39, 0.29) is 0 Å². The molecule has 0 aliphatic rings. The summed E-state index contributed by atoms with van der Waals surface area (Å²) in [6, 6.07) is 67.7. The highest BCUT2D eigenvalue weighted by molar-refractivity contribution is 6.12. The molecule has 0 aliphatic carbocycles. The lowest BCUT2D eigenvalue weighted by Gasteiger charge is -2.14. The maximum Gasteiger partial charge on any atom is 0.160 e. The molecule has 0 saturated heterocycles. The van der Waals surface area contributed by atoms with Crippen molar-refractivity contribution in [3.63, 3.8) is 0 Å². The SMILES string of the molecule is Cc1cc(-c2cc(-c3ccccc3C)nc(-c3ccccc3C)n2)ccc1-c1ccc(-n2c3ccccc3c3cc(-n4c5ccccc5c5ccccc54)ccc32)cc1. The smallest absolute Gasteiger partial charge is 0.160 e. The van der Waals surface area contributed by atoms with Crippen LogP contribution in [-0.4, -0.2) is 19.1 Å². The van der Waals surface area contributed by atoms with Gasteiger partial charge in [0.05, 0.1) is 33.5 Å². The molecular formula is C55H40N4. The van der Waals surface area contributed by atoms with E-state index < -0.39 is 0 Å². The third-order valence-electron chi connectivity index (χ3n) is 12.0. The van der Waals surface area contributed by atoms with Crippen LogP contribution in [0.5, 0.6) is 0 Å². The van der Waals surface area contributed by atoms with Crippen molar-refractivity contribution >= 4 is 43.6 Å². The fourth-order valence-corrected chi connectivity index (χ4v) is 9.05. The molecule has 11 aromatic rings. The Kier molecular flexibility index (Phi) is 8.12. The minimum absolute atomic E-state index is 0.740. The molecule has 0 N–H and O–H groups in total. The molecule has 59 heavy (non-hydrogen) atoms. The summed E-state index contributed by atoms with van der Waals surface area (Å²) in [5.41, 5.74) is 18.1. The Labute approximate surface area is 343 Å². The maximum absolute atomic E-state index is 5.15. The summed E-state index contributed by atoms with van der Waals surface area (Å²) in [4.78, 5) is 10.3. The predicted molar refractivity (Wildman–Crippen MR) is 247 cm³/mol. The zero-order valence-corrected chi connectivity index (χ0v) is 33.2. The van der Waals surface area contributed by atoms with E-state index >= 15 is 0 Å². The van der Waals surface area contributed by atoms with Crippen LogP contribution in [0, 0.1) is 20.8 Å². The van der Waals surface area contributed by atoms with Gasteiger partial charge in [0.2, 0.25) is 0 Å². The predicted octanol–water partition coefficient (Wildman–Crippen LogP) is 14.3. The van der Waals surface area contributed by atoms with Crippen LogP contribution in [-0.2, 0) is 0 Å². The van der Waals surface area contributed by atoms with Gasteiger partial charge < -0.3 is 9.13 Å². The number of aromatic nitrogens is 4. The molecule has 0 aliphatic heterocycles. The molecule has 4 heteroatoms. The van der Waals surface area contributed by atoms with Gasteiger partial charge in [0.25, 0.3) is 0 Å². The van der Waals surface area contributed by atoms with Crippen molar-refractivity contribution in [2.45, 2.75) is 20.8 Å². The highest BCUT2D eigenvalue weighted by Gasteiger charge is 2.18. The second-order valence-electron chi connectivity index (χ2n) is 15.6. The summed E-state index contributed by atoms with van der Waals surface area (Å²) in [6.07, 6.45) is 0. The quantitative estimate of drug-likeness (QED) is 0.169. The van der Waals surface area contributed by atoms with E-state index in [1.54, 1.807) is 0 Å². The van der Waals surface area contributed by atoms with E-state index in [1.807, 2.05) is 0 Å². The standard InChI is InChI=1S/C55H40N4/c1-35-14-4-6-16-43(35)50-34-49(56-55(57-50)44-17-7-5-15-36(44)2)39-26-30-42(37(3)32-39)38-24-27-40(28-25-38)58-53-23-13-10-20-47(53)48-33-41(29-31-54(48)58)59-51-21-11-8-18-45(51)46-19-9-12-22-52(46)59/h4-34H,1-3H3. The second-order valence-corrected chi connectivity index (χ2v) is 15.6. The molecule has 4 nitrogen and oxygen atoms in total. The number of hydrogen-bond acceptors (Lipinski definition) is 2. The molecule has 280 valence electrons. The third kappa shape index (κ3) is 5.75. The Morgan fingerprint density at radius 1 is 0.322 bits per heavy atom. The van der Waals surface area contributed by atoms with Gasteiger partial charge in [0, 0.05) is 49.6 Å². The van der Waals surface area contributed by atoms with E-state index in [2.05, 4.69) is 218 Å². The van der Waals surface area contributed by atoms with Crippen molar-refractivity contribution in [1.29, 1.82) is 0 Å². The molecule has 0 bridgehead atoms. The lowest BCUT2D eigenvalue weighted by Crippen LogP contribution is -1.98. The number of nitrogens with zero attached hydrogens (tertiary/aromatic N) is 4. The summed E-state index contributed by atoms with van der Waals surface area (Å²) >= 11 is 0. The zero-order chi connectivity index (χ0) is 39.6. The van der Waals surface area contributed by atoms with Gasteiger partial charge in [-0.3, -0.25) is 0 Å². The molecule has 0 radical (unpaired) electrons. The largest absolute Gasteiger partial charge is 0.309 e. The summed E-state index contributed by atoms with van der Waals surface area (Å²) in [7, 11) is 0. The normalized spacial score (nSPS) is 11.6. The molecule has 0 amide bonds. The minimum Gasteiger partial charge on any atom is -0.309 e. The number of hydrogen-bond donors (Lipinski definition) is 0. The van der Waals surface area contributed by atoms with E-state index in [9.17, 15) is 0 Å². The Morgan fingerprint density at radius 3 is 1.44 bits per heavy atom. The highest BCUT2D eigenvalue weighted by Crippen LogP contribution is 2.38. The van der Waals surface area contributed by atoms with Crippen LogP contribution in [0.3, 0.4) is 0 Å². The highest BCUT2D eigenvalue weighted by atomic mass is 15.0. The van der Waals surface area contributed by atoms with Gasteiger partial charge in [-0.2, -0.15) is 0 Å². The second kappa shape index (κ2) is 13.8. The van der Waals surface area contributed by atoms with Gasteiger partial charge in [0.1, 0.15) is 0 Å². The Bertz CT molecular complexity index is 3300. The van der Waals surface area contributed by atoms with Gasteiger partial charge in [-0.25, -0.2) is 9.97 Å². The Balaban J connectivity index is 0.971. The molecule has 8 aromatic carbocycles. The van der Waals surface area contributed by atoms with Crippen LogP contribution < -0.4 is 0 Å².